The molecule has 1 atom stereocenters. The summed E-state index contributed by atoms with van der Waals surface area (Å²) in [7, 11) is 0. The summed E-state index contributed by atoms with van der Waals surface area (Å²) in [4.78, 5) is 16.2. The van der Waals surface area contributed by atoms with E-state index in [1.165, 1.54) is 11.3 Å². The minimum absolute atomic E-state index is 0.0827. The van der Waals surface area contributed by atoms with Crippen molar-refractivity contribution < 1.29 is 23.1 Å². The molecule has 1 aromatic rings. The molecule has 0 saturated carbocycles. The van der Waals surface area contributed by atoms with Crippen molar-refractivity contribution in [1.82, 2.24) is 4.98 Å². The van der Waals surface area contributed by atoms with Gasteiger partial charge in [-0.05, 0) is 25.7 Å². The van der Waals surface area contributed by atoms with Gasteiger partial charge in [-0.15, -0.1) is 11.3 Å². The van der Waals surface area contributed by atoms with Gasteiger partial charge >= 0.3 is 12.1 Å². The highest BCUT2D eigenvalue weighted by Crippen LogP contribution is 2.38. The molecule has 20 heavy (non-hydrogen) atoms. The van der Waals surface area contributed by atoms with Crippen LogP contribution in [0.25, 0.3) is 0 Å². The maximum atomic E-state index is 11.9. The van der Waals surface area contributed by atoms with Crippen molar-refractivity contribution >= 4 is 22.4 Å². The first-order valence-electron chi connectivity index (χ1n) is 6.40. The van der Waals surface area contributed by atoms with Crippen molar-refractivity contribution in [2.24, 2.45) is 0 Å². The fourth-order valence-corrected chi connectivity index (χ4v) is 3.25. The van der Waals surface area contributed by atoms with E-state index in [-0.39, 0.29) is 6.42 Å². The smallest absolute Gasteiger partial charge is 0.389 e. The number of aliphatic carboxylic acids is 1. The number of carbonyl (C=O) groups is 1. The van der Waals surface area contributed by atoms with Gasteiger partial charge in [0, 0.05) is 17.8 Å². The molecule has 1 aromatic heterocycles. The summed E-state index contributed by atoms with van der Waals surface area (Å²) in [6.45, 7) is 0.417. The summed E-state index contributed by atoms with van der Waals surface area (Å²) < 4.78 is 35.8. The molecule has 4 nitrogen and oxygen atoms in total. The first kappa shape index (κ1) is 15.1. The highest BCUT2D eigenvalue weighted by molar-refractivity contribution is 7.15. The average Bonchev–Trinajstić information content (AvgIpc) is 2.85. The summed E-state index contributed by atoms with van der Waals surface area (Å²) in [5, 5.41) is 12.6. The standard InChI is InChI=1S/C12H15F3N2O2S/c13-12(14,15)5-1-2-6-16-11-17-9-7(10(18)19)3-4-8(9)20-11/h7H,1-6H2,(H,16,17)(H,18,19). The quantitative estimate of drug-likeness (QED) is 0.791. The first-order valence-corrected chi connectivity index (χ1v) is 7.21. The molecule has 1 aliphatic carbocycles. The zero-order valence-electron chi connectivity index (χ0n) is 10.7. The lowest BCUT2D eigenvalue weighted by molar-refractivity contribution is -0.139. The van der Waals surface area contributed by atoms with Crippen LogP contribution in [0.5, 0.6) is 0 Å². The van der Waals surface area contributed by atoms with Crippen LogP contribution in [0.15, 0.2) is 0 Å². The molecular formula is C12H15F3N2O2S. The van der Waals surface area contributed by atoms with Crippen LogP contribution >= 0.6 is 11.3 Å². The molecule has 0 fully saturated rings. The number of aromatic nitrogens is 1. The minimum atomic E-state index is -4.10. The second kappa shape index (κ2) is 5.99. The molecule has 0 saturated heterocycles. The number of aryl methyl sites for hydroxylation is 1. The number of anilines is 1. The van der Waals surface area contributed by atoms with Crippen molar-refractivity contribution in [3.8, 4) is 0 Å². The highest BCUT2D eigenvalue weighted by atomic mass is 32.1. The lowest BCUT2D eigenvalue weighted by Crippen LogP contribution is -2.10. The van der Waals surface area contributed by atoms with Crippen molar-refractivity contribution in [2.45, 2.75) is 44.2 Å². The van der Waals surface area contributed by atoms with Crippen molar-refractivity contribution in [1.29, 1.82) is 0 Å². The molecule has 2 rings (SSSR count). The van der Waals surface area contributed by atoms with Crippen LogP contribution in [0.1, 0.15) is 42.2 Å². The van der Waals surface area contributed by atoms with Gasteiger partial charge in [0.25, 0.3) is 0 Å². The number of unbranched alkanes of at least 4 members (excludes halogenated alkanes) is 1. The van der Waals surface area contributed by atoms with Crippen molar-refractivity contribution in [3.05, 3.63) is 10.6 Å². The number of carboxylic acid groups (broad SMARTS) is 1. The van der Waals surface area contributed by atoms with E-state index in [4.69, 9.17) is 5.11 Å². The molecule has 112 valence electrons. The summed E-state index contributed by atoms with van der Waals surface area (Å²) in [5.41, 5.74) is 0.611. The van der Waals surface area contributed by atoms with Gasteiger partial charge in [0.05, 0.1) is 5.69 Å². The van der Waals surface area contributed by atoms with E-state index in [1.54, 1.807) is 0 Å². The number of hydrogen-bond donors (Lipinski definition) is 2. The van der Waals surface area contributed by atoms with Gasteiger partial charge in [0.15, 0.2) is 5.13 Å². The molecule has 0 bridgehead atoms. The van der Waals surface area contributed by atoms with Crippen LogP contribution in [0.4, 0.5) is 18.3 Å². The molecule has 0 spiro atoms. The lowest BCUT2D eigenvalue weighted by Gasteiger charge is -2.06. The van der Waals surface area contributed by atoms with Gasteiger partial charge in [0.1, 0.15) is 5.92 Å². The zero-order valence-corrected chi connectivity index (χ0v) is 11.5. The predicted octanol–water partition coefficient (Wildman–Crippen LogP) is 3.40. The second-order valence-electron chi connectivity index (χ2n) is 4.76. The topological polar surface area (TPSA) is 62.2 Å². The Balaban J connectivity index is 1.78. The van der Waals surface area contributed by atoms with Crippen LogP contribution in [-0.2, 0) is 11.2 Å². The fourth-order valence-electron chi connectivity index (χ4n) is 2.19. The molecule has 8 heteroatoms. The van der Waals surface area contributed by atoms with E-state index in [0.717, 1.165) is 4.88 Å². The summed E-state index contributed by atoms with van der Waals surface area (Å²) >= 11 is 1.40. The molecule has 1 heterocycles. The van der Waals surface area contributed by atoms with E-state index < -0.39 is 24.5 Å². The normalized spacial score (nSPS) is 18.1. The maximum Gasteiger partial charge on any atom is 0.389 e. The number of carboxylic acids is 1. The van der Waals surface area contributed by atoms with Crippen molar-refractivity contribution in [3.63, 3.8) is 0 Å². The number of thiazole rings is 1. The van der Waals surface area contributed by atoms with Crippen LogP contribution in [0.2, 0.25) is 0 Å². The summed E-state index contributed by atoms with van der Waals surface area (Å²) in [5.74, 6) is -1.41. The van der Waals surface area contributed by atoms with Crippen LogP contribution in [0, 0.1) is 0 Å². The van der Waals surface area contributed by atoms with Crippen molar-refractivity contribution in [2.75, 3.05) is 11.9 Å². The number of hydrogen-bond acceptors (Lipinski definition) is 4. The van der Waals surface area contributed by atoms with E-state index in [9.17, 15) is 18.0 Å². The second-order valence-corrected chi connectivity index (χ2v) is 5.84. The van der Waals surface area contributed by atoms with Gasteiger partial charge in [0.2, 0.25) is 0 Å². The molecule has 0 aliphatic heterocycles. The Bertz CT molecular complexity index is 488. The molecule has 1 aliphatic rings. The molecular weight excluding hydrogens is 293 g/mol. The molecule has 2 N–H and O–H groups in total. The van der Waals surface area contributed by atoms with E-state index in [2.05, 4.69) is 10.3 Å². The zero-order chi connectivity index (χ0) is 14.8. The third-order valence-corrected chi connectivity index (χ3v) is 4.27. The minimum Gasteiger partial charge on any atom is -0.481 e. The number of halogens is 3. The third kappa shape index (κ3) is 3.84. The maximum absolute atomic E-state index is 11.9. The Morgan fingerprint density at radius 3 is 2.85 bits per heavy atom. The molecule has 0 amide bonds. The lowest BCUT2D eigenvalue weighted by atomic mass is 10.1. The summed E-state index contributed by atoms with van der Waals surface area (Å²) in [6, 6.07) is 0. The number of rotatable bonds is 6. The molecule has 0 radical (unpaired) electrons. The molecule has 1 unspecified atom stereocenters. The Morgan fingerprint density at radius 2 is 2.20 bits per heavy atom. The third-order valence-electron chi connectivity index (χ3n) is 3.18. The van der Waals surface area contributed by atoms with Crippen LogP contribution in [0.3, 0.4) is 0 Å². The summed E-state index contributed by atoms with van der Waals surface area (Å²) in [6.07, 6.45) is -3.10. The fraction of sp³-hybridized carbons (Fsp3) is 0.667. The number of alkyl halides is 3. The van der Waals surface area contributed by atoms with Crippen LogP contribution in [-0.4, -0.2) is 28.8 Å². The van der Waals surface area contributed by atoms with Gasteiger partial charge in [-0.25, -0.2) is 4.98 Å². The van der Waals surface area contributed by atoms with Gasteiger partial charge in [-0.1, -0.05) is 0 Å². The Kier molecular flexibility index (Phi) is 4.52. The Labute approximate surface area is 118 Å². The number of nitrogens with one attached hydrogen (secondary N) is 1. The van der Waals surface area contributed by atoms with E-state index >= 15 is 0 Å². The monoisotopic (exact) mass is 308 g/mol. The van der Waals surface area contributed by atoms with Gasteiger partial charge in [-0.3, -0.25) is 4.79 Å². The highest BCUT2D eigenvalue weighted by Gasteiger charge is 2.32. The Hall–Kier alpha value is -1.31. The van der Waals surface area contributed by atoms with Gasteiger partial charge in [-0.2, -0.15) is 13.2 Å². The Morgan fingerprint density at radius 1 is 1.45 bits per heavy atom. The number of fused-ring (bicyclic) bond motifs is 1. The van der Waals surface area contributed by atoms with E-state index in [0.29, 0.717) is 36.6 Å². The van der Waals surface area contributed by atoms with Gasteiger partial charge < -0.3 is 10.4 Å². The molecule has 0 aromatic carbocycles. The van der Waals surface area contributed by atoms with E-state index in [1.807, 2.05) is 0 Å². The largest absolute Gasteiger partial charge is 0.481 e. The number of nitrogens with zero attached hydrogens (tertiary/aromatic N) is 1. The predicted molar refractivity (Wildman–Crippen MR) is 69.2 cm³/mol. The average molecular weight is 308 g/mol. The SMILES string of the molecule is O=C(O)C1CCc2sc(NCCCCC(F)(F)F)nc21. The first-order chi connectivity index (χ1) is 9.37. The van der Waals surface area contributed by atoms with Crippen LogP contribution < -0.4 is 5.32 Å².